The van der Waals surface area contributed by atoms with Gasteiger partial charge in [-0.15, -0.1) is 0 Å². The summed E-state index contributed by atoms with van der Waals surface area (Å²) in [5.41, 5.74) is 0. The summed E-state index contributed by atoms with van der Waals surface area (Å²) >= 11 is 0. The highest BCUT2D eigenvalue weighted by Crippen LogP contribution is 2.17. The number of esters is 1. The molecule has 0 aromatic heterocycles. The molecule has 0 aliphatic rings. The molecule has 1 N–H and O–H groups in total. The molecule has 0 saturated heterocycles. The number of rotatable bonds is 12. The number of ether oxygens (including phenoxy) is 1. The summed E-state index contributed by atoms with van der Waals surface area (Å²) in [5.74, 6) is -1.74. The Morgan fingerprint density at radius 1 is 1.00 bits per heavy atom. The number of unbranched alkanes of at least 4 members (excludes halogenated alkanes) is 5. The molecule has 0 bridgehead atoms. The molecule has 0 aliphatic heterocycles. The fraction of sp³-hybridized carbons (Fsp3) is 0.867. The van der Waals surface area contributed by atoms with Crippen molar-refractivity contribution < 1.29 is 19.4 Å². The molecule has 0 radical (unpaired) electrons. The first-order valence-electron chi connectivity index (χ1n) is 7.50. The molecule has 4 nitrogen and oxygen atoms in total. The lowest BCUT2D eigenvalue weighted by atomic mass is 9.97. The van der Waals surface area contributed by atoms with Crippen molar-refractivity contribution in [1.29, 1.82) is 0 Å². The monoisotopic (exact) mass is 272 g/mol. The maximum Gasteiger partial charge on any atom is 0.309 e. The van der Waals surface area contributed by atoms with Gasteiger partial charge < -0.3 is 9.84 Å². The zero-order valence-electron chi connectivity index (χ0n) is 12.3. The van der Waals surface area contributed by atoms with Crippen LogP contribution < -0.4 is 0 Å². The van der Waals surface area contributed by atoms with E-state index in [1.165, 1.54) is 12.8 Å². The maximum atomic E-state index is 11.8. The molecular weight excluding hydrogens is 244 g/mol. The van der Waals surface area contributed by atoms with Gasteiger partial charge in [0.25, 0.3) is 0 Å². The minimum absolute atomic E-state index is 0.112. The van der Waals surface area contributed by atoms with E-state index in [4.69, 9.17) is 9.84 Å². The van der Waals surface area contributed by atoms with Crippen LogP contribution in [0.3, 0.4) is 0 Å². The Balaban J connectivity index is 3.99. The van der Waals surface area contributed by atoms with Crippen LogP contribution in [0.5, 0.6) is 0 Å². The zero-order chi connectivity index (χ0) is 14.5. The van der Waals surface area contributed by atoms with E-state index in [0.717, 1.165) is 32.1 Å². The van der Waals surface area contributed by atoms with Crippen molar-refractivity contribution in [3.63, 3.8) is 0 Å². The van der Waals surface area contributed by atoms with Crippen molar-refractivity contribution in [3.05, 3.63) is 0 Å². The van der Waals surface area contributed by atoms with Crippen LogP contribution in [0.15, 0.2) is 0 Å². The second kappa shape index (κ2) is 12.0. The molecule has 0 unspecified atom stereocenters. The van der Waals surface area contributed by atoms with Gasteiger partial charge in [0.05, 0.1) is 18.9 Å². The van der Waals surface area contributed by atoms with Crippen LogP contribution >= 0.6 is 0 Å². The normalized spacial score (nSPS) is 12.1. The topological polar surface area (TPSA) is 63.6 Å². The molecule has 0 aromatic carbocycles. The average molecular weight is 272 g/mol. The van der Waals surface area contributed by atoms with Gasteiger partial charge in [0.15, 0.2) is 0 Å². The smallest absolute Gasteiger partial charge is 0.309 e. The van der Waals surface area contributed by atoms with E-state index in [0.29, 0.717) is 13.0 Å². The fourth-order valence-electron chi connectivity index (χ4n) is 1.94. The molecule has 112 valence electrons. The van der Waals surface area contributed by atoms with Gasteiger partial charge in [-0.1, -0.05) is 52.4 Å². The number of carboxylic acid groups (broad SMARTS) is 1. The third-order valence-corrected chi connectivity index (χ3v) is 3.15. The molecule has 0 aliphatic carbocycles. The van der Waals surface area contributed by atoms with Gasteiger partial charge in [-0.3, -0.25) is 9.59 Å². The van der Waals surface area contributed by atoms with Crippen LogP contribution in [0.4, 0.5) is 0 Å². The Kier molecular flexibility index (Phi) is 11.3. The van der Waals surface area contributed by atoms with Crippen molar-refractivity contribution in [3.8, 4) is 0 Å². The van der Waals surface area contributed by atoms with E-state index in [9.17, 15) is 9.59 Å². The Labute approximate surface area is 116 Å². The SMILES string of the molecule is CCCCCCC[C@H](CC(=O)O)C(=O)OCCCC. The number of carbonyl (C=O) groups excluding carboxylic acids is 1. The first kappa shape index (κ1) is 17.9. The minimum atomic E-state index is -0.925. The third-order valence-electron chi connectivity index (χ3n) is 3.15. The van der Waals surface area contributed by atoms with Crippen molar-refractivity contribution in [1.82, 2.24) is 0 Å². The highest BCUT2D eigenvalue weighted by atomic mass is 16.5. The lowest BCUT2D eigenvalue weighted by Crippen LogP contribution is -2.21. The molecule has 0 amide bonds. The standard InChI is InChI=1S/C15H28O4/c1-3-5-7-8-9-10-13(12-14(16)17)15(18)19-11-6-4-2/h13H,3-12H2,1-2H3,(H,16,17)/t13-/m1/s1. The van der Waals surface area contributed by atoms with Gasteiger partial charge in [0.1, 0.15) is 0 Å². The van der Waals surface area contributed by atoms with E-state index in [1.807, 2.05) is 6.92 Å². The van der Waals surface area contributed by atoms with E-state index in [2.05, 4.69) is 6.92 Å². The molecule has 0 fully saturated rings. The zero-order valence-corrected chi connectivity index (χ0v) is 12.3. The summed E-state index contributed by atoms with van der Waals surface area (Å²) < 4.78 is 5.12. The Morgan fingerprint density at radius 2 is 1.63 bits per heavy atom. The first-order valence-corrected chi connectivity index (χ1v) is 7.50. The number of carbonyl (C=O) groups is 2. The van der Waals surface area contributed by atoms with Crippen molar-refractivity contribution in [2.24, 2.45) is 5.92 Å². The fourth-order valence-corrected chi connectivity index (χ4v) is 1.94. The molecule has 0 spiro atoms. The number of hydrogen-bond donors (Lipinski definition) is 1. The number of carboxylic acids is 1. The summed E-state index contributed by atoms with van der Waals surface area (Å²) in [6.45, 7) is 4.58. The summed E-state index contributed by atoms with van der Waals surface area (Å²) in [6, 6.07) is 0. The minimum Gasteiger partial charge on any atom is -0.481 e. The summed E-state index contributed by atoms with van der Waals surface area (Å²) in [6.07, 6.45) is 7.81. The maximum absolute atomic E-state index is 11.8. The van der Waals surface area contributed by atoms with Gasteiger partial charge >= 0.3 is 11.9 Å². The molecule has 4 heteroatoms. The van der Waals surface area contributed by atoms with E-state index < -0.39 is 11.9 Å². The van der Waals surface area contributed by atoms with Crippen LogP contribution in [0, 0.1) is 5.92 Å². The van der Waals surface area contributed by atoms with Crippen LogP contribution in [0.2, 0.25) is 0 Å². The highest BCUT2D eigenvalue weighted by Gasteiger charge is 2.22. The Morgan fingerprint density at radius 3 is 2.21 bits per heavy atom. The average Bonchev–Trinajstić information content (AvgIpc) is 2.37. The van der Waals surface area contributed by atoms with Crippen LogP contribution in [-0.2, 0) is 14.3 Å². The van der Waals surface area contributed by atoms with Gasteiger partial charge in [-0.2, -0.15) is 0 Å². The van der Waals surface area contributed by atoms with E-state index in [-0.39, 0.29) is 12.4 Å². The summed E-state index contributed by atoms with van der Waals surface area (Å²) in [5, 5.41) is 8.84. The lowest BCUT2D eigenvalue weighted by Gasteiger charge is -2.14. The molecular formula is C15H28O4. The van der Waals surface area contributed by atoms with Crippen LogP contribution in [0.25, 0.3) is 0 Å². The second-order valence-electron chi connectivity index (χ2n) is 5.02. The Bertz CT molecular complexity index is 251. The first-order chi connectivity index (χ1) is 9.11. The molecule has 1 atom stereocenters. The largest absolute Gasteiger partial charge is 0.481 e. The molecule has 0 saturated carbocycles. The summed E-state index contributed by atoms with van der Waals surface area (Å²) in [7, 11) is 0. The predicted molar refractivity (Wildman–Crippen MR) is 75.0 cm³/mol. The van der Waals surface area contributed by atoms with E-state index >= 15 is 0 Å². The van der Waals surface area contributed by atoms with Gasteiger partial charge in [0.2, 0.25) is 0 Å². The summed E-state index contributed by atoms with van der Waals surface area (Å²) in [4.78, 5) is 22.6. The molecule has 19 heavy (non-hydrogen) atoms. The highest BCUT2D eigenvalue weighted by molar-refractivity contribution is 5.79. The van der Waals surface area contributed by atoms with Crippen molar-refractivity contribution in [2.45, 2.75) is 71.6 Å². The Hall–Kier alpha value is -1.06. The van der Waals surface area contributed by atoms with Gasteiger partial charge in [-0.05, 0) is 12.8 Å². The second-order valence-corrected chi connectivity index (χ2v) is 5.02. The molecule has 0 rings (SSSR count). The quantitative estimate of drug-likeness (QED) is 0.434. The third kappa shape index (κ3) is 10.5. The molecule has 0 heterocycles. The lowest BCUT2D eigenvalue weighted by molar-refractivity contribution is -0.153. The van der Waals surface area contributed by atoms with Crippen molar-refractivity contribution in [2.75, 3.05) is 6.61 Å². The van der Waals surface area contributed by atoms with Crippen molar-refractivity contribution >= 4 is 11.9 Å². The molecule has 0 aromatic rings. The van der Waals surface area contributed by atoms with Crippen LogP contribution in [0.1, 0.15) is 71.6 Å². The van der Waals surface area contributed by atoms with Gasteiger partial charge in [0, 0.05) is 0 Å². The van der Waals surface area contributed by atoms with Gasteiger partial charge in [-0.25, -0.2) is 0 Å². The van der Waals surface area contributed by atoms with E-state index in [1.54, 1.807) is 0 Å². The number of hydrogen-bond acceptors (Lipinski definition) is 3. The predicted octanol–water partition coefficient (Wildman–Crippen LogP) is 3.78. The number of aliphatic carboxylic acids is 1. The van der Waals surface area contributed by atoms with Crippen LogP contribution in [-0.4, -0.2) is 23.7 Å².